The van der Waals surface area contributed by atoms with E-state index in [1.165, 1.54) is 68.7 Å². The Morgan fingerprint density at radius 3 is 2.43 bits per heavy atom. The van der Waals surface area contributed by atoms with Gasteiger partial charge >= 0.3 is 5.97 Å². The van der Waals surface area contributed by atoms with Crippen LogP contribution in [0.5, 0.6) is 0 Å². The lowest BCUT2D eigenvalue weighted by atomic mass is 9.99. The smallest absolute Gasteiger partial charge is 0.303 e. The predicted octanol–water partition coefficient (Wildman–Crippen LogP) is 7.43. The molecule has 2 aromatic rings. The Balaban J connectivity index is 0.000000311. The number of hydrogen-bond acceptors (Lipinski definition) is 2. The molecule has 0 bridgehead atoms. The van der Waals surface area contributed by atoms with Crippen LogP contribution in [-0.2, 0) is 11.2 Å². The second-order valence-corrected chi connectivity index (χ2v) is 7.88. The zero-order chi connectivity index (χ0) is 20.6. The predicted molar refractivity (Wildman–Crippen MR) is 120 cm³/mol. The van der Waals surface area contributed by atoms with Gasteiger partial charge in [0.25, 0.3) is 0 Å². The molecule has 1 atom stereocenters. The molecule has 0 radical (unpaired) electrons. The van der Waals surface area contributed by atoms with Gasteiger partial charge in [-0.2, -0.15) is 0 Å². The van der Waals surface area contributed by atoms with Crippen molar-refractivity contribution in [3.63, 3.8) is 0 Å². The zero-order valence-corrected chi connectivity index (χ0v) is 18.1. The molecule has 1 unspecified atom stereocenters. The van der Waals surface area contributed by atoms with Gasteiger partial charge in [-0.1, -0.05) is 83.9 Å². The van der Waals surface area contributed by atoms with Crippen molar-refractivity contribution in [2.45, 2.75) is 91.4 Å². The number of carboxylic acid groups (broad SMARTS) is 1. The summed E-state index contributed by atoms with van der Waals surface area (Å²) >= 11 is 0. The Morgan fingerprint density at radius 1 is 1.00 bits per heavy atom. The van der Waals surface area contributed by atoms with Gasteiger partial charge < -0.3 is 5.11 Å². The molecule has 3 heteroatoms. The maximum absolute atomic E-state index is 10.2. The van der Waals surface area contributed by atoms with E-state index < -0.39 is 5.97 Å². The minimum atomic E-state index is -0.673. The molecule has 1 aromatic carbocycles. The number of hydrogen-bond donors (Lipinski definition) is 1. The third kappa shape index (κ3) is 11.1. The summed E-state index contributed by atoms with van der Waals surface area (Å²) in [6.07, 6.45) is 14.7. The molecule has 0 aliphatic heterocycles. The van der Waals surface area contributed by atoms with Crippen molar-refractivity contribution < 1.29 is 9.90 Å². The normalized spacial score (nSPS) is 11.7. The average molecular weight is 386 g/mol. The van der Waals surface area contributed by atoms with Crippen LogP contribution in [0.4, 0.5) is 0 Å². The molecule has 0 aliphatic rings. The van der Waals surface area contributed by atoms with E-state index in [1.807, 2.05) is 12.3 Å². The summed E-state index contributed by atoms with van der Waals surface area (Å²) in [6.45, 7) is 6.54. The fourth-order valence-electron chi connectivity index (χ4n) is 3.25. The molecule has 0 saturated carbocycles. The van der Waals surface area contributed by atoms with Crippen LogP contribution in [0.1, 0.15) is 90.5 Å². The maximum atomic E-state index is 10.2. The first kappa shape index (κ1) is 24.1. The van der Waals surface area contributed by atoms with E-state index in [0.29, 0.717) is 12.3 Å². The van der Waals surface area contributed by atoms with Crippen molar-refractivity contribution in [2.75, 3.05) is 0 Å². The zero-order valence-electron chi connectivity index (χ0n) is 18.1. The van der Waals surface area contributed by atoms with E-state index in [4.69, 9.17) is 5.11 Å². The molecule has 0 aliphatic carbocycles. The number of carboxylic acids is 1. The number of fused-ring (bicyclic) bond motifs is 1. The minimum absolute atomic E-state index is 0.324. The summed E-state index contributed by atoms with van der Waals surface area (Å²) in [4.78, 5) is 14.7. The lowest BCUT2D eigenvalue weighted by Crippen LogP contribution is -2.00. The molecular weight excluding hydrogens is 346 g/mol. The fourth-order valence-corrected chi connectivity index (χ4v) is 3.25. The van der Waals surface area contributed by atoms with Crippen LogP contribution in [0.2, 0.25) is 0 Å². The van der Waals surface area contributed by atoms with Gasteiger partial charge in [0.2, 0.25) is 0 Å². The lowest BCUT2D eigenvalue weighted by molar-refractivity contribution is -0.137. The molecule has 2 rings (SSSR count). The summed E-state index contributed by atoms with van der Waals surface area (Å²) in [6, 6.07) is 10.6. The summed E-state index contributed by atoms with van der Waals surface area (Å²) < 4.78 is 0. The van der Waals surface area contributed by atoms with Gasteiger partial charge in [-0.15, -0.1) is 0 Å². The molecule has 1 aromatic heterocycles. The fraction of sp³-hybridized carbons (Fsp3) is 0.600. The van der Waals surface area contributed by atoms with Gasteiger partial charge in [0.1, 0.15) is 0 Å². The van der Waals surface area contributed by atoms with Gasteiger partial charge in [0, 0.05) is 18.0 Å². The second-order valence-electron chi connectivity index (χ2n) is 7.88. The second kappa shape index (κ2) is 15.1. The van der Waals surface area contributed by atoms with Gasteiger partial charge in [0.05, 0.1) is 5.52 Å². The van der Waals surface area contributed by atoms with Crippen molar-refractivity contribution in [1.29, 1.82) is 0 Å². The molecule has 156 valence electrons. The highest BCUT2D eigenvalue weighted by molar-refractivity contribution is 5.78. The van der Waals surface area contributed by atoms with Crippen molar-refractivity contribution in [3.8, 4) is 0 Å². The van der Waals surface area contributed by atoms with Crippen LogP contribution >= 0.6 is 0 Å². The minimum Gasteiger partial charge on any atom is -0.481 e. The number of aryl methyl sites for hydroxylation is 1. The highest BCUT2D eigenvalue weighted by Gasteiger charge is 2.04. The molecule has 0 fully saturated rings. The van der Waals surface area contributed by atoms with Crippen molar-refractivity contribution in [1.82, 2.24) is 4.98 Å². The van der Waals surface area contributed by atoms with Crippen LogP contribution in [0.25, 0.3) is 10.9 Å². The third-order valence-corrected chi connectivity index (χ3v) is 5.12. The van der Waals surface area contributed by atoms with Gasteiger partial charge in [-0.05, 0) is 42.9 Å². The van der Waals surface area contributed by atoms with Crippen LogP contribution in [0, 0.1) is 5.92 Å². The first-order valence-corrected chi connectivity index (χ1v) is 11.1. The number of aliphatic carboxylic acids is 1. The number of benzene rings is 1. The van der Waals surface area contributed by atoms with E-state index in [9.17, 15) is 4.79 Å². The van der Waals surface area contributed by atoms with E-state index in [2.05, 4.69) is 50.0 Å². The highest BCUT2D eigenvalue weighted by Crippen LogP contribution is 2.15. The van der Waals surface area contributed by atoms with E-state index >= 15 is 0 Å². The highest BCUT2D eigenvalue weighted by atomic mass is 16.4. The Labute approximate surface area is 171 Å². The Morgan fingerprint density at radius 2 is 1.71 bits per heavy atom. The van der Waals surface area contributed by atoms with Gasteiger partial charge in [-0.25, -0.2) is 0 Å². The quantitative estimate of drug-likeness (QED) is 0.387. The summed E-state index contributed by atoms with van der Waals surface area (Å²) in [7, 11) is 0. The topological polar surface area (TPSA) is 50.2 Å². The van der Waals surface area contributed by atoms with Crippen molar-refractivity contribution in [2.24, 2.45) is 5.92 Å². The molecule has 0 saturated heterocycles. The first-order chi connectivity index (χ1) is 13.6. The van der Waals surface area contributed by atoms with Crippen LogP contribution in [-0.4, -0.2) is 16.1 Å². The molecule has 28 heavy (non-hydrogen) atoms. The molecule has 0 spiro atoms. The number of carbonyl (C=O) groups is 1. The number of pyridine rings is 1. The summed E-state index contributed by atoms with van der Waals surface area (Å²) in [5, 5.41) is 9.65. The number of para-hydroxylation sites is 1. The van der Waals surface area contributed by atoms with Crippen molar-refractivity contribution >= 4 is 16.9 Å². The van der Waals surface area contributed by atoms with Gasteiger partial charge in [-0.3, -0.25) is 9.78 Å². The van der Waals surface area contributed by atoms with Crippen LogP contribution < -0.4 is 0 Å². The maximum Gasteiger partial charge on any atom is 0.303 e. The Kier molecular flexibility index (Phi) is 13.0. The summed E-state index contributed by atoms with van der Waals surface area (Å²) in [5.41, 5.74) is 2.47. The van der Waals surface area contributed by atoms with Gasteiger partial charge in [0.15, 0.2) is 0 Å². The Bertz CT molecular complexity index is 668. The number of aromatic nitrogens is 1. The lowest BCUT2D eigenvalue weighted by Gasteiger charge is -2.07. The van der Waals surface area contributed by atoms with E-state index in [-0.39, 0.29) is 0 Å². The molecule has 0 amide bonds. The third-order valence-electron chi connectivity index (χ3n) is 5.12. The molecular formula is C25H39NO2. The first-order valence-electron chi connectivity index (χ1n) is 11.1. The SMILES string of the molecule is CCCCC(C)CCC(=O)O.CCCCCCCc1cnc2ccccc2c1. The van der Waals surface area contributed by atoms with Crippen molar-refractivity contribution in [3.05, 3.63) is 42.1 Å². The largest absolute Gasteiger partial charge is 0.481 e. The van der Waals surface area contributed by atoms with Crippen LogP contribution in [0.3, 0.4) is 0 Å². The van der Waals surface area contributed by atoms with Crippen LogP contribution in [0.15, 0.2) is 36.5 Å². The van der Waals surface area contributed by atoms with E-state index in [1.54, 1.807) is 0 Å². The average Bonchev–Trinajstić information content (AvgIpc) is 2.71. The number of unbranched alkanes of at least 4 members (excludes halogenated alkanes) is 5. The number of rotatable bonds is 12. The standard InChI is InChI=1S/C16H21N.C9H18O2/c1-2-3-4-5-6-9-14-12-15-10-7-8-11-16(15)17-13-14;1-3-4-5-8(2)6-7-9(10)11/h7-8,10-13H,2-6,9H2,1H3;8H,3-7H2,1-2H3,(H,10,11). The molecule has 1 heterocycles. The van der Waals surface area contributed by atoms with E-state index in [0.717, 1.165) is 11.9 Å². The molecule has 3 nitrogen and oxygen atoms in total. The molecule has 1 N–H and O–H groups in total. The summed E-state index contributed by atoms with van der Waals surface area (Å²) in [5.74, 6) is -0.0978. The Hall–Kier alpha value is -1.90. The monoisotopic (exact) mass is 385 g/mol. The number of nitrogens with zero attached hydrogens (tertiary/aromatic N) is 1.